The molecule has 0 fully saturated rings. The minimum atomic E-state index is -3.17. The number of rotatable bonds is 6. The second kappa shape index (κ2) is 7.47. The molecular formula is C23H24BrOP. The molecule has 0 heterocycles. The molecule has 26 heavy (non-hydrogen) atoms. The topological polar surface area (TPSA) is 17.1 Å². The van der Waals surface area contributed by atoms with Gasteiger partial charge in [0.25, 0.3) is 0 Å². The molecule has 0 bridgehead atoms. The van der Waals surface area contributed by atoms with Crippen molar-refractivity contribution in [3.63, 3.8) is 0 Å². The van der Waals surface area contributed by atoms with Crippen molar-refractivity contribution < 1.29 is 4.79 Å². The van der Waals surface area contributed by atoms with Gasteiger partial charge in [-0.2, -0.15) is 0 Å². The molecule has 3 aromatic carbocycles. The van der Waals surface area contributed by atoms with Crippen molar-refractivity contribution in [3.05, 3.63) is 91.0 Å². The zero-order valence-electron chi connectivity index (χ0n) is 15.2. The number of carbonyl (C=O) groups excluding carboxylic acids is 1. The van der Waals surface area contributed by atoms with Crippen molar-refractivity contribution in [2.75, 3.05) is 0 Å². The Morgan fingerprint density at radius 1 is 0.769 bits per heavy atom. The van der Waals surface area contributed by atoms with E-state index in [2.05, 4.69) is 95.2 Å². The van der Waals surface area contributed by atoms with E-state index in [1.54, 1.807) is 6.92 Å². The number of Topliss-reactive ketones (excluding diaryl/α,β-unsaturated/α-hetero) is 1. The molecule has 0 aliphatic heterocycles. The quantitative estimate of drug-likeness (QED) is 0.495. The average Bonchev–Trinajstić information content (AvgIpc) is 2.70. The van der Waals surface area contributed by atoms with E-state index in [0.717, 1.165) is 6.42 Å². The zero-order chi connectivity index (χ0) is 18.6. The molecule has 3 rings (SSSR count). The molecule has 0 spiro atoms. The van der Waals surface area contributed by atoms with Crippen LogP contribution in [-0.2, 0) is 4.79 Å². The van der Waals surface area contributed by atoms with Gasteiger partial charge in [-0.05, 0) is 0 Å². The van der Waals surface area contributed by atoms with E-state index in [-0.39, 0.29) is 11.4 Å². The van der Waals surface area contributed by atoms with Crippen molar-refractivity contribution in [1.29, 1.82) is 0 Å². The summed E-state index contributed by atoms with van der Waals surface area (Å²) < 4.78 is 0. The molecule has 0 aliphatic rings. The fourth-order valence-corrected chi connectivity index (χ4v) is 13.6. The Morgan fingerprint density at radius 3 is 1.31 bits per heavy atom. The monoisotopic (exact) mass is 426 g/mol. The van der Waals surface area contributed by atoms with Gasteiger partial charge < -0.3 is 0 Å². The van der Waals surface area contributed by atoms with Crippen LogP contribution in [0, 0.1) is 0 Å². The van der Waals surface area contributed by atoms with Crippen molar-refractivity contribution >= 4 is 42.5 Å². The Kier molecular flexibility index (Phi) is 5.46. The van der Waals surface area contributed by atoms with Crippen molar-refractivity contribution in [2.24, 2.45) is 0 Å². The first-order valence-electron chi connectivity index (χ1n) is 8.94. The standard InChI is InChI=1S/C23H24BrOP/c1-3-23(19(2)25)26(24,20-13-7-4-8-14-20,21-15-9-5-10-16-21)22-17-11-6-12-18-22/h4-18,23H,3H2,1-2H3. The third-order valence-corrected chi connectivity index (χ3v) is 16.2. The normalized spacial score (nSPS) is 14.2. The van der Waals surface area contributed by atoms with E-state index in [0.29, 0.717) is 0 Å². The second-order valence-corrected chi connectivity index (χ2v) is 15.4. The van der Waals surface area contributed by atoms with Crippen LogP contribution in [0.15, 0.2) is 91.0 Å². The average molecular weight is 427 g/mol. The van der Waals surface area contributed by atoms with Gasteiger partial charge >= 0.3 is 164 Å². The molecular weight excluding hydrogens is 403 g/mol. The summed E-state index contributed by atoms with van der Waals surface area (Å²) >= 11 is 4.35. The van der Waals surface area contributed by atoms with Crippen LogP contribution in [0.25, 0.3) is 0 Å². The van der Waals surface area contributed by atoms with Gasteiger partial charge in [0.1, 0.15) is 0 Å². The van der Waals surface area contributed by atoms with E-state index >= 15 is 0 Å². The summed E-state index contributed by atoms with van der Waals surface area (Å²) in [5, 5.41) is 0.407. The van der Waals surface area contributed by atoms with Crippen LogP contribution in [-0.4, -0.2) is 11.4 Å². The van der Waals surface area contributed by atoms with Gasteiger partial charge in [0.2, 0.25) is 0 Å². The SMILES string of the molecule is CCC(C(C)=O)P(Br)(c1ccccc1)(c1ccccc1)c1ccccc1. The van der Waals surface area contributed by atoms with Gasteiger partial charge in [-0.3, -0.25) is 0 Å². The van der Waals surface area contributed by atoms with Crippen LogP contribution in [0.5, 0.6) is 0 Å². The predicted molar refractivity (Wildman–Crippen MR) is 119 cm³/mol. The number of benzene rings is 3. The summed E-state index contributed by atoms with van der Waals surface area (Å²) in [6.45, 7) is 3.84. The molecule has 0 aliphatic carbocycles. The van der Waals surface area contributed by atoms with E-state index in [1.165, 1.54) is 15.9 Å². The number of hydrogen-bond acceptors (Lipinski definition) is 1. The summed E-state index contributed by atoms with van der Waals surface area (Å²) in [5.74, 6) is 0.221. The van der Waals surface area contributed by atoms with Gasteiger partial charge in [-0.15, -0.1) is 0 Å². The zero-order valence-corrected chi connectivity index (χ0v) is 17.7. The molecule has 0 N–H and O–H groups in total. The molecule has 0 saturated heterocycles. The predicted octanol–water partition coefficient (Wildman–Crippen LogP) is 5.19. The van der Waals surface area contributed by atoms with Gasteiger partial charge in [0.05, 0.1) is 0 Å². The summed E-state index contributed by atoms with van der Waals surface area (Å²) in [6.07, 6.45) is 0.775. The second-order valence-electron chi connectivity index (χ2n) is 6.62. The minimum absolute atomic E-state index is 0.131. The summed E-state index contributed by atoms with van der Waals surface area (Å²) in [7, 11) is 0. The fraction of sp³-hybridized carbons (Fsp3) is 0.174. The van der Waals surface area contributed by atoms with Crippen molar-refractivity contribution in [1.82, 2.24) is 0 Å². The van der Waals surface area contributed by atoms with Gasteiger partial charge in [0.15, 0.2) is 0 Å². The number of halogens is 1. The van der Waals surface area contributed by atoms with Crippen LogP contribution >= 0.6 is 20.8 Å². The first-order chi connectivity index (χ1) is 12.5. The van der Waals surface area contributed by atoms with Gasteiger partial charge in [-0.25, -0.2) is 0 Å². The van der Waals surface area contributed by atoms with Gasteiger partial charge in [0, 0.05) is 0 Å². The number of hydrogen-bond donors (Lipinski definition) is 0. The molecule has 1 nitrogen and oxygen atoms in total. The van der Waals surface area contributed by atoms with Crippen LogP contribution in [0.3, 0.4) is 0 Å². The molecule has 0 amide bonds. The maximum atomic E-state index is 12.9. The third kappa shape index (κ3) is 2.76. The Morgan fingerprint density at radius 2 is 1.08 bits per heavy atom. The van der Waals surface area contributed by atoms with Crippen LogP contribution in [0.4, 0.5) is 0 Å². The number of carbonyl (C=O) groups is 1. The molecule has 0 saturated carbocycles. The maximum absolute atomic E-state index is 12.9. The van der Waals surface area contributed by atoms with Crippen LogP contribution in [0.2, 0.25) is 0 Å². The van der Waals surface area contributed by atoms with Crippen LogP contribution in [0.1, 0.15) is 20.3 Å². The molecule has 3 aromatic rings. The summed E-state index contributed by atoms with van der Waals surface area (Å²) in [6, 6.07) is 31.5. The Hall–Kier alpha value is -1.76. The molecule has 1 unspecified atom stereocenters. The van der Waals surface area contributed by atoms with Crippen molar-refractivity contribution in [2.45, 2.75) is 25.9 Å². The summed E-state index contributed by atoms with van der Waals surface area (Å²) in [5.41, 5.74) is -0.131. The van der Waals surface area contributed by atoms with Crippen LogP contribution < -0.4 is 15.9 Å². The first-order valence-corrected chi connectivity index (χ1v) is 13.3. The fourth-order valence-electron chi connectivity index (χ4n) is 4.12. The molecule has 0 aromatic heterocycles. The third-order valence-electron chi connectivity index (χ3n) is 5.22. The molecule has 134 valence electrons. The van der Waals surface area contributed by atoms with E-state index < -0.39 is 5.31 Å². The van der Waals surface area contributed by atoms with E-state index in [4.69, 9.17) is 0 Å². The Labute approximate surface area is 164 Å². The number of ketones is 1. The van der Waals surface area contributed by atoms with Gasteiger partial charge in [-0.1, -0.05) is 0 Å². The van der Waals surface area contributed by atoms with Crippen molar-refractivity contribution in [3.8, 4) is 0 Å². The molecule has 0 radical (unpaired) electrons. The van der Waals surface area contributed by atoms with E-state index in [1.807, 2.05) is 18.2 Å². The molecule has 1 atom stereocenters. The Bertz CT molecular complexity index is 778. The summed E-state index contributed by atoms with van der Waals surface area (Å²) in [4.78, 5) is 12.9. The Balaban J connectivity index is 2.54. The first kappa shape index (κ1) is 19.0. The van der Waals surface area contributed by atoms with E-state index in [9.17, 15) is 4.79 Å². The molecule has 3 heteroatoms.